The standard InChI is InChI=1S/C15H19N/c1-2-16-11-10-13-9-8-12-6-4-3-5-7-14(12)15(13)16/h8-11H,2-7H2,1H3. The van der Waals surface area contributed by atoms with Gasteiger partial charge in [-0.2, -0.15) is 0 Å². The van der Waals surface area contributed by atoms with Gasteiger partial charge in [0.1, 0.15) is 0 Å². The molecular weight excluding hydrogens is 194 g/mol. The average Bonchev–Trinajstić information content (AvgIpc) is 2.58. The molecule has 1 nitrogen and oxygen atoms in total. The molecule has 2 aromatic rings. The molecule has 0 atom stereocenters. The quantitative estimate of drug-likeness (QED) is 0.632. The number of fused-ring (bicyclic) bond motifs is 3. The van der Waals surface area contributed by atoms with Crippen LogP contribution in [-0.2, 0) is 19.4 Å². The Balaban J connectivity index is 2.27. The average molecular weight is 213 g/mol. The summed E-state index contributed by atoms with van der Waals surface area (Å²) >= 11 is 0. The van der Waals surface area contributed by atoms with Crippen LogP contribution in [0.2, 0.25) is 0 Å². The van der Waals surface area contributed by atoms with E-state index in [1.807, 2.05) is 0 Å². The van der Waals surface area contributed by atoms with E-state index >= 15 is 0 Å². The lowest BCUT2D eigenvalue weighted by atomic mass is 10.00. The van der Waals surface area contributed by atoms with Crippen molar-refractivity contribution < 1.29 is 0 Å². The van der Waals surface area contributed by atoms with Crippen LogP contribution in [0.3, 0.4) is 0 Å². The van der Waals surface area contributed by atoms with E-state index in [1.54, 1.807) is 11.1 Å². The molecule has 1 aromatic carbocycles. The smallest absolute Gasteiger partial charge is 0.0515 e. The molecule has 0 aliphatic heterocycles. The van der Waals surface area contributed by atoms with Gasteiger partial charge in [0.15, 0.2) is 0 Å². The summed E-state index contributed by atoms with van der Waals surface area (Å²) in [5.74, 6) is 0. The summed E-state index contributed by atoms with van der Waals surface area (Å²) < 4.78 is 2.40. The van der Waals surface area contributed by atoms with Gasteiger partial charge in [-0.25, -0.2) is 0 Å². The predicted molar refractivity (Wildman–Crippen MR) is 68.9 cm³/mol. The number of rotatable bonds is 1. The van der Waals surface area contributed by atoms with Crippen molar-refractivity contribution in [2.75, 3.05) is 0 Å². The molecule has 0 saturated heterocycles. The highest BCUT2D eigenvalue weighted by atomic mass is 14.9. The molecule has 0 amide bonds. The molecule has 3 rings (SSSR count). The molecule has 0 bridgehead atoms. The highest BCUT2D eigenvalue weighted by molar-refractivity contribution is 5.84. The minimum atomic E-state index is 1.08. The van der Waals surface area contributed by atoms with Gasteiger partial charge in [0.05, 0.1) is 5.52 Å². The molecule has 1 aliphatic rings. The van der Waals surface area contributed by atoms with Crippen molar-refractivity contribution in [2.24, 2.45) is 0 Å². The van der Waals surface area contributed by atoms with Crippen molar-refractivity contribution in [1.82, 2.24) is 4.57 Å². The van der Waals surface area contributed by atoms with Crippen LogP contribution in [0.25, 0.3) is 10.9 Å². The molecule has 0 spiro atoms. The lowest BCUT2D eigenvalue weighted by Crippen LogP contribution is -1.98. The second-order valence-corrected chi connectivity index (χ2v) is 4.80. The minimum Gasteiger partial charge on any atom is -0.348 e. The minimum absolute atomic E-state index is 1.08. The van der Waals surface area contributed by atoms with Gasteiger partial charge in [-0.3, -0.25) is 0 Å². The first-order valence-corrected chi connectivity index (χ1v) is 6.49. The Morgan fingerprint density at radius 1 is 1.06 bits per heavy atom. The maximum Gasteiger partial charge on any atom is 0.0515 e. The van der Waals surface area contributed by atoms with Crippen molar-refractivity contribution >= 4 is 10.9 Å². The van der Waals surface area contributed by atoms with E-state index < -0.39 is 0 Å². The summed E-state index contributed by atoms with van der Waals surface area (Å²) in [7, 11) is 0. The highest BCUT2D eigenvalue weighted by Crippen LogP contribution is 2.29. The van der Waals surface area contributed by atoms with Crippen molar-refractivity contribution in [1.29, 1.82) is 0 Å². The topological polar surface area (TPSA) is 4.93 Å². The first kappa shape index (κ1) is 9.95. The normalized spacial score (nSPS) is 16.1. The van der Waals surface area contributed by atoms with Crippen LogP contribution in [0.5, 0.6) is 0 Å². The molecule has 0 radical (unpaired) electrons. The highest BCUT2D eigenvalue weighted by Gasteiger charge is 2.13. The molecule has 16 heavy (non-hydrogen) atoms. The van der Waals surface area contributed by atoms with Crippen LogP contribution < -0.4 is 0 Å². The fraction of sp³-hybridized carbons (Fsp3) is 0.467. The Morgan fingerprint density at radius 2 is 1.94 bits per heavy atom. The van der Waals surface area contributed by atoms with Crippen LogP contribution in [0, 0.1) is 0 Å². The van der Waals surface area contributed by atoms with E-state index in [0.29, 0.717) is 0 Å². The summed E-state index contributed by atoms with van der Waals surface area (Å²) in [6.45, 7) is 3.31. The summed E-state index contributed by atoms with van der Waals surface area (Å²) in [6, 6.07) is 6.90. The first-order valence-electron chi connectivity index (χ1n) is 6.49. The molecule has 1 heterocycles. The number of benzene rings is 1. The van der Waals surface area contributed by atoms with Gasteiger partial charge in [-0.15, -0.1) is 0 Å². The van der Waals surface area contributed by atoms with Crippen molar-refractivity contribution in [2.45, 2.75) is 45.6 Å². The Morgan fingerprint density at radius 3 is 2.81 bits per heavy atom. The van der Waals surface area contributed by atoms with Gasteiger partial charge in [0.25, 0.3) is 0 Å². The third-order valence-electron chi connectivity index (χ3n) is 3.85. The van der Waals surface area contributed by atoms with Gasteiger partial charge < -0.3 is 4.57 Å². The van der Waals surface area contributed by atoms with E-state index in [-0.39, 0.29) is 0 Å². The molecular formula is C15H19N. The number of hydrogen-bond acceptors (Lipinski definition) is 0. The first-order chi connectivity index (χ1) is 7.90. The second kappa shape index (κ2) is 3.97. The summed E-state index contributed by atoms with van der Waals surface area (Å²) in [5, 5.41) is 1.42. The molecule has 84 valence electrons. The van der Waals surface area contributed by atoms with Gasteiger partial charge in [0.2, 0.25) is 0 Å². The van der Waals surface area contributed by atoms with E-state index in [0.717, 1.165) is 6.54 Å². The van der Waals surface area contributed by atoms with Gasteiger partial charge in [0, 0.05) is 12.7 Å². The third-order valence-corrected chi connectivity index (χ3v) is 3.85. The van der Waals surface area contributed by atoms with Gasteiger partial charge in [-0.05, 0) is 55.2 Å². The van der Waals surface area contributed by atoms with Crippen molar-refractivity contribution in [3.63, 3.8) is 0 Å². The summed E-state index contributed by atoms with van der Waals surface area (Å²) in [6.07, 6.45) is 8.90. The third kappa shape index (κ3) is 1.46. The molecule has 0 fully saturated rings. The number of nitrogens with zero attached hydrogens (tertiary/aromatic N) is 1. The summed E-state index contributed by atoms with van der Waals surface area (Å²) in [5.41, 5.74) is 4.72. The monoisotopic (exact) mass is 213 g/mol. The lowest BCUT2D eigenvalue weighted by Gasteiger charge is -2.10. The summed E-state index contributed by atoms with van der Waals surface area (Å²) in [4.78, 5) is 0. The largest absolute Gasteiger partial charge is 0.348 e. The predicted octanol–water partition coefficient (Wildman–Crippen LogP) is 3.93. The Bertz CT molecular complexity index is 507. The zero-order valence-electron chi connectivity index (χ0n) is 10.00. The fourth-order valence-electron chi connectivity index (χ4n) is 2.99. The second-order valence-electron chi connectivity index (χ2n) is 4.80. The molecule has 0 saturated carbocycles. The van der Waals surface area contributed by atoms with Crippen LogP contribution in [0.1, 0.15) is 37.3 Å². The van der Waals surface area contributed by atoms with E-state index in [4.69, 9.17) is 0 Å². The molecule has 1 aliphatic carbocycles. The van der Waals surface area contributed by atoms with E-state index in [2.05, 4.69) is 35.9 Å². The maximum absolute atomic E-state index is 2.40. The molecule has 0 unspecified atom stereocenters. The van der Waals surface area contributed by atoms with E-state index in [1.165, 1.54) is 43.0 Å². The van der Waals surface area contributed by atoms with Gasteiger partial charge in [-0.1, -0.05) is 18.6 Å². The SMILES string of the molecule is CCn1ccc2ccc3c(c21)CCCCC3. The van der Waals surface area contributed by atoms with Crippen LogP contribution >= 0.6 is 0 Å². The Hall–Kier alpha value is -1.24. The number of aryl methyl sites for hydroxylation is 3. The van der Waals surface area contributed by atoms with Crippen LogP contribution in [-0.4, -0.2) is 4.57 Å². The Labute approximate surface area is 97.1 Å². The lowest BCUT2D eigenvalue weighted by molar-refractivity contribution is 0.711. The van der Waals surface area contributed by atoms with Crippen LogP contribution in [0.15, 0.2) is 24.4 Å². The zero-order valence-corrected chi connectivity index (χ0v) is 10.00. The van der Waals surface area contributed by atoms with Gasteiger partial charge >= 0.3 is 0 Å². The fourth-order valence-corrected chi connectivity index (χ4v) is 2.99. The molecule has 0 N–H and O–H groups in total. The molecule has 1 aromatic heterocycles. The van der Waals surface area contributed by atoms with Crippen LogP contribution in [0.4, 0.5) is 0 Å². The maximum atomic E-state index is 2.40. The Kier molecular flexibility index (Phi) is 2.47. The zero-order chi connectivity index (χ0) is 11.0. The number of aromatic nitrogens is 1. The number of hydrogen-bond donors (Lipinski definition) is 0. The van der Waals surface area contributed by atoms with Crippen molar-refractivity contribution in [3.05, 3.63) is 35.5 Å². The molecule has 1 heteroatoms. The van der Waals surface area contributed by atoms with E-state index in [9.17, 15) is 0 Å². The van der Waals surface area contributed by atoms with Crippen molar-refractivity contribution in [3.8, 4) is 0 Å².